The molecular formula is C24H20N2O3S. The number of anilines is 1. The molecule has 5 nitrogen and oxygen atoms in total. The van der Waals surface area contributed by atoms with E-state index in [2.05, 4.69) is 10.3 Å². The molecule has 150 valence electrons. The molecule has 0 aliphatic heterocycles. The van der Waals surface area contributed by atoms with Gasteiger partial charge in [-0.15, -0.1) is 0 Å². The Hall–Kier alpha value is -3.51. The molecule has 0 saturated carbocycles. The maximum atomic E-state index is 11.6. The summed E-state index contributed by atoms with van der Waals surface area (Å²) in [5.41, 5.74) is 4.71. The number of carbonyl (C=O) groups is 1. The number of aromatic hydroxyl groups is 1. The van der Waals surface area contributed by atoms with E-state index in [1.54, 1.807) is 12.1 Å². The summed E-state index contributed by atoms with van der Waals surface area (Å²) in [6.07, 6.45) is 6.36. The van der Waals surface area contributed by atoms with Gasteiger partial charge in [-0.2, -0.15) is 0 Å². The second-order valence-electron chi connectivity index (χ2n) is 7.15. The molecule has 0 bridgehead atoms. The lowest BCUT2D eigenvalue weighted by Crippen LogP contribution is -2.07. The van der Waals surface area contributed by atoms with E-state index < -0.39 is 0 Å². The van der Waals surface area contributed by atoms with Gasteiger partial charge in [0.1, 0.15) is 11.4 Å². The molecule has 30 heavy (non-hydrogen) atoms. The van der Waals surface area contributed by atoms with Crippen molar-refractivity contribution < 1.29 is 14.3 Å². The lowest BCUT2D eigenvalue weighted by atomic mass is 10.0. The highest BCUT2D eigenvalue weighted by molar-refractivity contribution is 7.80. The highest BCUT2D eigenvalue weighted by atomic mass is 32.1. The van der Waals surface area contributed by atoms with E-state index in [1.807, 2.05) is 55.5 Å². The fourth-order valence-electron chi connectivity index (χ4n) is 3.24. The molecule has 0 unspecified atom stereocenters. The van der Waals surface area contributed by atoms with Crippen molar-refractivity contribution in [1.29, 1.82) is 0 Å². The van der Waals surface area contributed by atoms with Crippen LogP contribution < -0.4 is 5.32 Å². The first-order valence-corrected chi connectivity index (χ1v) is 9.92. The molecule has 1 aliphatic carbocycles. The van der Waals surface area contributed by atoms with Gasteiger partial charge in [-0.25, -0.2) is 4.98 Å². The van der Waals surface area contributed by atoms with Crippen molar-refractivity contribution in [2.75, 3.05) is 5.32 Å². The van der Waals surface area contributed by atoms with Crippen molar-refractivity contribution in [3.63, 3.8) is 0 Å². The third-order valence-electron chi connectivity index (χ3n) is 4.74. The predicted octanol–water partition coefficient (Wildman–Crippen LogP) is 5.69. The van der Waals surface area contributed by atoms with E-state index in [1.165, 1.54) is 12.5 Å². The number of hydrogen-bond donors (Lipinski definition) is 2. The number of phenolic OH excluding ortho intramolecular Hbond substituents is 1. The van der Waals surface area contributed by atoms with Crippen LogP contribution in [-0.2, 0) is 4.79 Å². The van der Waals surface area contributed by atoms with Crippen LogP contribution in [-0.4, -0.2) is 20.9 Å². The Morgan fingerprint density at radius 2 is 1.90 bits per heavy atom. The largest absolute Gasteiger partial charge is 0.507 e. The number of allylic oxidation sites excluding steroid dienone is 4. The maximum absolute atomic E-state index is 11.6. The van der Waals surface area contributed by atoms with E-state index in [0.717, 1.165) is 21.6 Å². The fraction of sp³-hybridized carbons (Fsp3) is 0.125. The smallest absolute Gasteiger partial charge is 0.233 e. The molecule has 1 aromatic heterocycles. The number of carbonyl (C=O) groups excluding carboxylic acids is 1. The van der Waals surface area contributed by atoms with Crippen molar-refractivity contribution in [2.24, 2.45) is 0 Å². The molecule has 6 heteroatoms. The van der Waals surface area contributed by atoms with Crippen LogP contribution in [0, 0.1) is 6.92 Å². The summed E-state index contributed by atoms with van der Waals surface area (Å²) in [7, 11) is 0. The summed E-state index contributed by atoms with van der Waals surface area (Å²) in [6, 6.07) is 13.4. The molecular weight excluding hydrogens is 396 g/mol. The molecule has 1 aliphatic rings. The zero-order valence-corrected chi connectivity index (χ0v) is 17.4. The van der Waals surface area contributed by atoms with E-state index >= 15 is 0 Å². The summed E-state index contributed by atoms with van der Waals surface area (Å²) in [5, 5.41) is 13.3. The van der Waals surface area contributed by atoms with Gasteiger partial charge in [0.2, 0.25) is 17.7 Å². The summed E-state index contributed by atoms with van der Waals surface area (Å²) in [4.78, 5) is 17.0. The minimum atomic E-state index is -0.277. The minimum Gasteiger partial charge on any atom is -0.507 e. The van der Waals surface area contributed by atoms with Crippen LogP contribution >= 0.6 is 12.2 Å². The molecule has 0 atom stereocenters. The summed E-state index contributed by atoms with van der Waals surface area (Å²) in [6.45, 7) is 3.43. The number of oxazole rings is 1. The van der Waals surface area contributed by atoms with Gasteiger partial charge in [0, 0.05) is 23.8 Å². The molecule has 0 spiro atoms. The van der Waals surface area contributed by atoms with E-state index in [4.69, 9.17) is 16.6 Å². The van der Waals surface area contributed by atoms with Crippen LogP contribution in [0.1, 0.15) is 24.6 Å². The van der Waals surface area contributed by atoms with Crippen LogP contribution in [0.2, 0.25) is 0 Å². The summed E-state index contributed by atoms with van der Waals surface area (Å²) >= 11 is 5.29. The molecule has 4 rings (SSSR count). The van der Waals surface area contributed by atoms with Crippen LogP contribution in [0.25, 0.3) is 28.2 Å². The highest BCUT2D eigenvalue weighted by Gasteiger charge is 2.21. The molecule has 2 N–H and O–H groups in total. The molecule has 0 radical (unpaired) electrons. The van der Waals surface area contributed by atoms with Crippen LogP contribution in [0.15, 0.2) is 65.1 Å². The second kappa shape index (κ2) is 8.08. The fourth-order valence-corrected chi connectivity index (χ4v) is 3.47. The Morgan fingerprint density at radius 3 is 2.57 bits per heavy atom. The average Bonchev–Trinajstić information content (AvgIpc) is 3.11. The van der Waals surface area contributed by atoms with Crippen molar-refractivity contribution in [3.05, 3.63) is 72.0 Å². The Balaban J connectivity index is 1.75. The third-order valence-corrected chi connectivity index (χ3v) is 5.02. The lowest BCUT2D eigenvalue weighted by Gasteiger charge is -2.06. The first kappa shape index (κ1) is 19.8. The van der Waals surface area contributed by atoms with Crippen LogP contribution in [0.4, 0.5) is 5.88 Å². The Kier molecular flexibility index (Phi) is 5.33. The Bertz CT molecular complexity index is 1200. The minimum absolute atomic E-state index is 0.0407. The zero-order valence-electron chi connectivity index (χ0n) is 16.6. The molecule has 0 saturated heterocycles. The molecule has 0 fully saturated rings. The van der Waals surface area contributed by atoms with Gasteiger partial charge in [0.05, 0.1) is 5.56 Å². The van der Waals surface area contributed by atoms with Gasteiger partial charge < -0.3 is 9.52 Å². The third kappa shape index (κ3) is 4.09. The average molecular weight is 417 g/mol. The standard InChI is InChI=1S/C24H20N2O3S/c1-14-6-8-16(9-7-14)17-10-11-20(21(28)13-17)23-26-22(24(29-23)25-15(2)27)18-4-3-5-19(30)12-18/h3-4,6-13,28H,5H2,1-2H3,(H,25,27). The van der Waals surface area contributed by atoms with Crippen LogP contribution in [0.5, 0.6) is 5.75 Å². The number of thiocarbonyl (C=S) groups is 1. The molecule has 3 aromatic rings. The number of amides is 1. The van der Waals surface area contributed by atoms with E-state index in [-0.39, 0.29) is 23.4 Å². The lowest BCUT2D eigenvalue weighted by molar-refractivity contribution is -0.114. The topological polar surface area (TPSA) is 75.4 Å². The number of hydrogen-bond acceptors (Lipinski definition) is 5. The number of rotatable bonds is 4. The number of aryl methyl sites for hydroxylation is 1. The van der Waals surface area contributed by atoms with Gasteiger partial charge in [0.25, 0.3) is 0 Å². The highest BCUT2D eigenvalue weighted by Crippen LogP contribution is 2.37. The molecule has 1 heterocycles. The van der Waals surface area contributed by atoms with Gasteiger partial charge in [-0.05, 0) is 36.3 Å². The SMILES string of the molecule is CC(=O)Nc1oc(-c2ccc(-c3ccc(C)cc3)cc2O)nc1C1=CC(=S)CC=C1. The number of nitrogens with one attached hydrogen (secondary N) is 1. The monoisotopic (exact) mass is 416 g/mol. The van der Waals surface area contributed by atoms with Gasteiger partial charge in [0.15, 0.2) is 0 Å². The number of nitrogens with zero attached hydrogens (tertiary/aromatic N) is 1. The van der Waals surface area contributed by atoms with Gasteiger partial charge >= 0.3 is 0 Å². The zero-order chi connectivity index (χ0) is 21.3. The predicted molar refractivity (Wildman–Crippen MR) is 122 cm³/mol. The quantitative estimate of drug-likeness (QED) is 0.534. The van der Waals surface area contributed by atoms with Crippen molar-refractivity contribution in [3.8, 4) is 28.3 Å². The Morgan fingerprint density at radius 1 is 1.17 bits per heavy atom. The number of benzene rings is 2. The van der Waals surface area contributed by atoms with Gasteiger partial charge in [-0.1, -0.05) is 60.3 Å². The van der Waals surface area contributed by atoms with Crippen molar-refractivity contribution >= 4 is 34.4 Å². The number of phenols is 1. The molecule has 1 amide bonds. The summed E-state index contributed by atoms with van der Waals surface area (Å²) in [5.74, 6) is 0.201. The van der Waals surface area contributed by atoms with Crippen LogP contribution in [0.3, 0.4) is 0 Å². The first-order valence-electron chi connectivity index (χ1n) is 9.51. The maximum Gasteiger partial charge on any atom is 0.233 e. The van der Waals surface area contributed by atoms with E-state index in [0.29, 0.717) is 17.7 Å². The van der Waals surface area contributed by atoms with Crippen molar-refractivity contribution in [2.45, 2.75) is 20.3 Å². The summed E-state index contributed by atoms with van der Waals surface area (Å²) < 4.78 is 5.82. The Labute approximate surface area is 179 Å². The van der Waals surface area contributed by atoms with Gasteiger partial charge in [-0.3, -0.25) is 10.1 Å². The second-order valence-corrected chi connectivity index (χ2v) is 7.67. The number of aromatic nitrogens is 1. The first-order chi connectivity index (χ1) is 14.4. The van der Waals surface area contributed by atoms with E-state index in [9.17, 15) is 9.90 Å². The van der Waals surface area contributed by atoms with Crippen molar-refractivity contribution in [1.82, 2.24) is 4.98 Å². The normalized spacial score (nSPS) is 13.3. The molecule has 2 aromatic carbocycles.